The van der Waals surface area contributed by atoms with Gasteiger partial charge in [0.1, 0.15) is 0 Å². The van der Waals surface area contributed by atoms with Crippen LogP contribution in [0.15, 0.2) is 212 Å². The molecule has 2 heteroatoms. The van der Waals surface area contributed by atoms with E-state index in [1.54, 1.807) is 0 Å². The lowest BCUT2D eigenvalue weighted by atomic mass is 9.87. The van der Waals surface area contributed by atoms with Crippen molar-refractivity contribution in [2.75, 3.05) is 4.90 Å². The summed E-state index contributed by atoms with van der Waals surface area (Å²) in [6.07, 6.45) is 0. The lowest BCUT2D eigenvalue weighted by Gasteiger charge is -2.28. The highest BCUT2D eigenvalue weighted by Crippen LogP contribution is 2.44. The van der Waals surface area contributed by atoms with Gasteiger partial charge in [-0.3, -0.25) is 0 Å². The summed E-state index contributed by atoms with van der Waals surface area (Å²) in [7, 11) is 0. The van der Waals surface area contributed by atoms with Gasteiger partial charge in [-0.15, -0.1) is 0 Å². The van der Waals surface area contributed by atoms with E-state index in [-0.39, 0.29) is 5.54 Å². The molecular weight excluding hydrogens is 701 g/mol. The van der Waals surface area contributed by atoms with E-state index < -0.39 is 0 Å². The standard InChI is InChI=1S/C56H44N2/c1-56(2,3)58-53-28-14-13-24-50(53)51-36-35-46(38-54(51)58)57(45-34-29-42-23-15-25-47(52(42)37-45)39-17-7-4-8-18-39)44-32-30-43(31-33-44)55-48(40-19-9-5-10-20-40)26-16-27-49(55)41-21-11-6-12-22-41/h4-38H,1-3H3. The fourth-order valence-corrected chi connectivity index (χ4v) is 8.89. The van der Waals surface area contributed by atoms with Crippen LogP contribution in [0.25, 0.3) is 77.1 Å². The van der Waals surface area contributed by atoms with E-state index in [1.165, 1.54) is 77.1 Å². The van der Waals surface area contributed by atoms with E-state index in [0.29, 0.717) is 0 Å². The van der Waals surface area contributed by atoms with Crippen LogP contribution >= 0.6 is 0 Å². The molecule has 0 aliphatic rings. The topological polar surface area (TPSA) is 8.17 Å². The van der Waals surface area contributed by atoms with Crippen molar-refractivity contribution in [3.63, 3.8) is 0 Å². The zero-order valence-corrected chi connectivity index (χ0v) is 33.1. The van der Waals surface area contributed by atoms with Crippen LogP contribution in [0, 0.1) is 0 Å². The summed E-state index contributed by atoms with van der Waals surface area (Å²) >= 11 is 0. The van der Waals surface area contributed by atoms with E-state index in [4.69, 9.17) is 0 Å². The molecule has 0 aliphatic heterocycles. The minimum Gasteiger partial charge on any atom is -0.335 e. The van der Waals surface area contributed by atoms with Crippen LogP contribution in [0.2, 0.25) is 0 Å². The highest BCUT2D eigenvalue weighted by Gasteiger charge is 2.23. The summed E-state index contributed by atoms with van der Waals surface area (Å²) in [5, 5.41) is 4.98. The largest absolute Gasteiger partial charge is 0.335 e. The van der Waals surface area contributed by atoms with E-state index in [2.05, 4.69) is 243 Å². The Bertz CT molecular complexity index is 3000. The van der Waals surface area contributed by atoms with Crippen LogP contribution in [0.4, 0.5) is 17.1 Å². The lowest BCUT2D eigenvalue weighted by Crippen LogP contribution is -2.21. The van der Waals surface area contributed by atoms with Gasteiger partial charge in [-0.25, -0.2) is 0 Å². The third kappa shape index (κ3) is 6.24. The summed E-state index contributed by atoms with van der Waals surface area (Å²) in [6.45, 7) is 6.90. The lowest BCUT2D eigenvalue weighted by molar-refractivity contribution is 0.423. The second-order valence-electron chi connectivity index (χ2n) is 16.1. The summed E-state index contributed by atoms with van der Waals surface area (Å²) in [6, 6.07) is 77.4. The fourth-order valence-electron chi connectivity index (χ4n) is 8.89. The zero-order valence-electron chi connectivity index (χ0n) is 33.1. The van der Waals surface area contributed by atoms with E-state index in [0.717, 1.165) is 17.1 Å². The first kappa shape index (κ1) is 35.3. The molecule has 278 valence electrons. The molecule has 0 fully saturated rings. The first-order chi connectivity index (χ1) is 28.4. The molecule has 0 bridgehead atoms. The van der Waals surface area contributed by atoms with Gasteiger partial charge in [0.15, 0.2) is 0 Å². The Morgan fingerprint density at radius 1 is 0.345 bits per heavy atom. The predicted octanol–water partition coefficient (Wildman–Crippen LogP) is 15.8. The Kier molecular flexibility index (Phi) is 8.76. The van der Waals surface area contributed by atoms with Gasteiger partial charge in [0.2, 0.25) is 0 Å². The van der Waals surface area contributed by atoms with Crippen molar-refractivity contribution in [3.8, 4) is 44.5 Å². The molecule has 58 heavy (non-hydrogen) atoms. The smallest absolute Gasteiger partial charge is 0.0517 e. The van der Waals surface area contributed by atoms with Crippen molar-refractivity contribution in [2.24, 2.45) is 0 Å². The summed E-state index contributed by atoms with van der Waals surface area (Å²) in [4.78, 5) is 2.43. The monoisotopic (exact) mass is 744 g/mol. The summed E-state index contributed by atoms with van der Waals surface area (Å²) in [5.41, 5.74) is 15.4. The number of aromatic nitrogens is 1. The van der Waals surface area contributed by atoms with Gasteiger partial charge < -0.3 is 9.47 Å². The molecule has 1 heterocycles. The van der Waals surface area contributed by atoms with Crippen molar-refractivity contribution >= 4 is 49.6 Å². The molecular formula is C56H44N2. The van der Waals surface area contributed by atoms with Crippen molar-refractivity contribution in [3.05, 3.63) is 212 Å². The molecule has 10 rings (SSSR count). The van der Waals surface area contributed by atoms with Gasteiger partial charge in [-0.1, -0.05) is 170 Å². The molecule has 0 unspecified atom stereocenters. The normalized spacial score (nSPS) is 11.7. The zero-order chi connectivity index (χ0) is 39.2. The van der Waals surface area contributed by atoms with Crippen LogP contribution in [-0.2, 0) is 5.54 Å². The number of para-hydroxylation sites is 1. The molecule has 0 amide bonds. The maximum absolute atomic E-state index is 2.50. The minimum atomic E-state index is -0.122. The van der Waals surface area contributed by atoms with Crippen molar-refractivity contribution < 1.29 is 0 Å². The molecule has 2 nitrogen and oxygen atoms in total. The highest BCUT2D eigenvalue weighted by atomic mass is 15.1. The molecule has 0 aliphatic carbocycles. The highest BCUT2D eigenvalue weighted by molar-refractivity contribution is 6.10. The van der Waals surface area contributed by atoms with E-state index in [1.807, 2.05) is 0 Å². The Morgan fingerprint density at radius 2 is 0.845 bits per heavy atom. The third-order valence-electron chi connectivity index (χ3n) is 11.4. The minimum absolute atomic E-state index is 0.122. The number of hydrogen-bond acceptors (Lipinski definition) is 1. The van der Waals surface area contributed by atoms with Gasteiger partial charge >= 0.3 is 0 Å². The van der Waals surface area contributed by atoms with Crippen LogP contribution in [0.3, 0.4) is 0 Å². The second kappa shape index (κ2) is 14.4. The molecule has 1 aromatic heterocycles. The average Bonchev–Trinajstić information content (AvgIpc) is 3.62. The Morgan fingerprint density at radius 3 is 1.48 bits per heavy atom. The molecule has 0 radical (unpaired) electrons. The number of anilines is 3. The molecule has 0 saturated heterocycles. The second-order valence-corrected chi connectivity index (χ2v) is 16.1. The molecule has 0 atom stereocenters. The maximum Gasteiger partial charge on any atom is 0.0517 e. The number of benzene rings is 9. The first-order valence-corrected chi connectivity index (χ1v) is 20.2. The van der Waals surface area contributed by atoms with Crippen molar-refractivity contribution in [1.82, 2.24) is 4.57 Å². The number of fused-ring (bicyclic) bond motifs is 4. The van der Waals surface area contributed by atoms with Crippen LogP contribution in [0.5, 0.6) is 0 Å². The SMILES string of the molecule is CC(C)(C)n1c2ccccc2c2ccc(N(c3ccc(-c4c(-c5ccccc5)cccc4-c4ccccc4)cc3)c3ccc4cccc(-c5ccccc5)c4c3)cc21. The van der Waals surface area contributed by atoms with Gasteiger partial charge in [-0.05, 0) is 119 Å². The fraction of sp³-hybridized carbons (Fsp3) is 0.0714. The Hall–Kier alpha value is -7.16. The average molecular weight is 745 g/mol. The van der Waals surface area contributed by atoms with Gasteiger partial charge in [0, 0.05) is 38.9 Å². The maximum atomic E-state index is 2.50. The van der Waals surface area contributed by atoms with Gasteiger partial charge in [-0.2, -0.15) is 0 Å². The van der Waals surface area contributed by atoms with E-state index >= 15 is 0 Å². The quantitative estimate of drug-likeness (QED) is 0.158. The van der Waals surface area contributed by atoms with Gasteiger partial charge in [0.25, 0.3) is 0 Å². The summed E-state index contributed by atoms with van der Waals surface area (Å²) in [5.74, 6) is 0. The molecule has 0 N–H and O–H groups in total. The van der Waals surface area contributed by atoms with Crippen molar-refractivity contribution in [1.29, 1.82) is 0 Å². The third-order valence-corrected chi connectivity index (χ3v) is 11.4. The molecule has 10 aromatic rings. The molecule has 0 spiro atoms. The number of nitrogens with zero attached hydrogens (tertiary/aromatic N) is 2. The molecule has 0 saturated carbocycles. The van der Waals surface area contributed by atoms with Crippen LogP contribution in [-0.4, -0.2) is 4.57 Å². The van der Waals surface area contributed by atoms with Crippen molar-refractivity contribution in [2.45, 2.75) is 26.3 Å². The molecule has 9 aromatic carbocycles. The van der Waals surface area contributed by atoms with Gasteiger partial charge in [0.05, 0.1) is 5.52 Å². The Labute approximate surface area is 340 Å². The Balaban J connectivity index is 1.19. The number of rotatable bonds is 7. The predicted molar refractivity (Wildman–Crippen MR) is 248 cm³/mol. The number of hydrogen-bond donors (Lipinski definition) is 0. The first-order valence-electron chi connectivity index (χ1n) is 20.2. The van der Waals surface area contributed by atoms with Crippen LogP contribution in [0.1, 0.15) is 20.8 Å². The summed E-state index contributed by atoms with van der Waals surface area (Å²) < 4.78 is 2.50. The van der Waals surface area contributed by atoms with Crippen LogP contribution < -0.4 is 4.90 Å². The van der Waals surface area contributed by atoms with E-state index in [9.17, 15) is 0 Å².